The Bertz CT molecular complexity index is 924. The molecule has 180 valence electrons. The number of hydrogen-bond donors (Lipinski definition) is 1. The van der Waals surface area contributed by atoms with Crippen molar-refractivity contribution in [3.8, 4) is 11.5 Å². The lowest BCUT2D eigenvalue weighted by molar-refractivity contribution is 0.105. The van der Waals surface area contributed by atoms with Gasteiger partial charge >= 0.3 is 6.85 Å². The van der Waals surface area contributed by atoms with Crippen molar-refractivity contribution in [3.63, 3.8) is 0 Å². The largest absolute Gasteiger partial charge is 0.488 e. The van der Waals surface area contributed by atoms with Crippen molar-refractivity contribution in [2.45, 2.75) is 77.9 Å². The third-order valence-electron chi connectivity index (χ3n) is 5.89. The van der Waals surface area contributed by atoms with Crippen molar-refractivity contribution in [1.82, 2.24) is 4.78 Å². The van der Waals surface area contributed by atoms with E-state index < -0.39 is 18.3 Å². The first-order valence-electron chi connectivity index (χ1n) is 11.6. The predicted octanol–water partition coefficient (Wildman–Crippen LogP) is 7.03. The van der Waals surface area contributed by atoms with Crippen LogP contribution in [0.5, 0.6) is 11.5 Å². The molecule has 0 heterocycles. The molecule has 2 atom stereocenters. The Morgan fingerprint density at radius 2 is 1.48 bits per heavy atom. The van der Waals surface area contributed by atoms with E-state index in [1.165, 1.54) is 0 Å². The summed E-state index contributed by atoms with van der Waals surface area (Å²) in [6.45, 7) is 11.1. The first kappa shape index (κ1) is 27.2. The lowest BCUT2D eigenvalue weighted by Gasteiger charge is -2.26. The molecule has 0 aliphatic carbocycles. The molecule has 0 fully saturated rings. The third-order valence-corrected chi connectivity index (χ3v) is 9.64. The van der Waals surface area contributed by atoms with Gasteiger partial charge in [-0.25, -0.2) is 0 Å². The van der Waals surface area contributed by atoms with E-state index in [2.05, 4.69) is 39.7 Å². The van der Waals surface area contributed by atoms with E-state index >= 15 is 0 Å². The number of nitrogens with zero attached hydrogens (tertiary/aromatic N) is 2. The lowest BCUT2D eigenvalue weighted by atomic mass is 10.1. The van der Waals surface area contributed by atoms with Gasteiger partial charge in [0.05, 0.1) is 19.4 Å². The van der Waals surface area contributed by atoms with Gasteiger partial charge in [0.15, 0.2) is 11.8 Å². The molecule has 0 aliphatic heterocycles. The van der Waals surface area contributed by atoms with E-state index in [0.717, 1.165) is 41.9 Å². The fourth-order valence-corrected chi connectivity index (χ4v) is 5.62. The smallest absolute Gasteiger partial charge is 0.358 e. The Balaban J connectivity index is 2.11. The van der Waals surface area contributed by atoms with Gasteiger partial charge in [-0.15, -0.1) is 9.88 Å². The summed E-state index contributed by atoms with van der Waals surface area (Å²) in [7, 11) is 1.91. The Hall–Kier alpha value is -2.01. The molecule has 0 aromatic heterocycles. The average Bonchev–Trinajstić information content (AvgIpc) is 2.81. The van der Waals surface area contributed by atoms with Crippen LogP contribution in [0.2, 0.25) is 0 Å². The van der Waals surface area contributed by atoms with Gasteiger partial charge < -0.3 is 14.6 Å². The highest BCUT2D eigenvalue weighted by molar-refractivity contribution is 8.04. The van der Waals surface area contributed by atoms with E-state index in [0.29, 0.717) is 0 Å². The molecule has 2 aromatic rings. The minimum atomic E-state index is -1.13. The number of benzene rings is 2. The monoisotopic (exact) mass is 489 g/mol. The Morgan fingerprint density at radius 1 is 0.970 bits per heavy atom. The van der Waals surface area contributed by atoms with Gasteiger partial charge in [-0.1, -0.05) is 32.9 Å². The number of aliphatic hydroxyl groups excluding tert-OH is 1. The summed E-state index contributed by atoms with van der Waals surface area (Å²) in [6, 6.07) is 15.5. The first-order valence-corrected chi connectivity index (χ1v) is 13.9. The zero-order valence-electron chi connectivity index (χ0n) is 20.9. The van der Waals surface area contributed by atoms with Crippen molar-refractivity contribution in [2.75, 3.05) is 7.05 Å². The maximum atomic E-state index is 9.75. The van der Waals surface area contributed by atoms with Crippen molar-refractivity contribution < 1.29 is 14.6 Å². The van der Waals surface area contributed by atoms with Gasteiger partial charge in [-0.2, -0.15) is 0 Å². The van der Waals surface area contributed by atoms with Gasteiger partial charge in [0, 0.05) is 12.8 Å². The second-order valence-corrected chi connectivity index (χ2v) is 11.8. The van der Waals surface area contributed by atoms with Gasteiger partial charge in [-0.3, -0.25) is 0 Å². The molecule has 2 rings (SSSR count). The highest BCUT2D eigenvalue weighted by Gasteiger charge is 2.48. The van der Waals surface area contributed by atoms with Gasteiger partial charge in [0.25, 0.3) is 5.34 Å². The van der Waals surface area contributed by atoms with E-state index in [4.69, 9.17) is 21.3 Å². The minimum Gasteiger partial charge on any atom is -0.488 e. The first-order chi connectivity index (χ1) is 15.6. The van der Waals surface area contributed by atoms with Crippen LogP contribution in [0.25, 0.3) is 0 Å². The molecule has 0 bridgehead atoms. The van der Waals surface area contributed by atoms with Crippen LogP contribution in [-0.2, 0) is 11.8 Å². The highest BCUT2D eigenvalue weighted by Crippen LogP contribution is 2.48. The quantitative estimate of drug-likeness (QED) is 0.197. The van der Waals surface area contributed by atoms with Crippen LogP contribution in [0.3, 0.4) is 0 Å². The molecule has 0 saturated heterocycles. The van der Waals surface area contributed by atoms with Crippen LogP contribution in [0.15, 0.2) is 53.6 Å². The second-order valence-electron chi connectivity index (χ2n) is 8.79. The summed E-state index contributed by atoms with van der Waals surface area (Å²) in [4.78, 5) is 0. The molecule has 0 radical (unpaired) electrons. The third kappa shape index (κ3) is 7.49. The molecule has 0 spiro atoms. The molecule has 2 unspecified atom stereocenters. The number of rotatable bonds is 12. The number of hydrogen-bond acceptors (Lipinski definition) is 5. The van der Waals surface area contributed by atoms with Crippen LogP contribution in [0.4, 0.5) is 0 Å². The predicted molar refractivity (Wildman–Crippen MR) is 142 cm³/mol. The van der Waals surface area contributed by atoms with Crippen molar-refractivity contribution in [2.24, 2.45) is 5.10 Å². The Labute approximate surface area is 205 Å². The molecule has 0 amide bonds. The molecule has 2 aromatic carbocycles. The molecule has 33 heavy (non-hydrogen) atoms. The Morgan fingerprint density at radius 3 is 1.97 bits per heavy atom. The fraction of sp³-hybridized carbons (Fsp3) is 0.500. The molecular formula is C26H38N2O3PS+. The molecule has 1 N–H and O–H groups in total. The number of ether oxygens (including phenoxy) is 2. The molecule has 0 saturated carbocycles. The number of hydrazone groups is 1. The van der Waals surface area contributed by atoms with E-state index in [1.54, 1.807) is 6.92 Å². The standard InChI is InChI=1S/C26H38N2O3PS/c1-8-25(5,6)30-23-15-11-21(12-16-23)19-27-28(7)32(33)26(9-2,10-3)31-24-17-13-22(14-18-24)20(4)29/h11-20,29H,8-10H2,1-7H3/q+1. The summed E-state index contributed by atoms with van der Waals surface area (Å²) in [6.07, 6.45) is 3.80. The number of aliphatic hydroxyl groups is 1. The topological polar surface area (TPSA) is 54.3 Å². The van der Waals surface area contributed by atoms with Gasteiger partial charge in [0.1, 0.15) is 17.1 Å². The van der Waals surface area contributed by atoms with E-state index in [1.807, 2.05) is 66.6 Å². The normalized spacial score (nSPS) is 13.6. The highest BCUT2D eigenvalue weighted by atomic mass is 32.4. The zero-order chi connectivity index (χ0) is 24.6. The van der Waals surface area contributed by atoms with Crippen LogP contribution in [0.1, 0.15) is 78.0 Å². The van der Waals surface area contributed by atoms with E-state index in [-0.39, 0.29) is 5.60 Å². The van der Waals surface area contributed by atoms with Crippen molar-refractivity contribution in [1.29, 1.82) is 0 Å². The van der Waals surface area contributed by atoms with Crippen LogP contribution in [0, 0.1) is 0 Å². The molecule has 0 aliphatic rings. The minimum absolute atomic E-state index is 0.186. The lowest BCUT2D eigenvalue weighted by Crippen LogP contribution is -2.33. The van der Waals surface area contributed by atoms with E-state index in [9.17, 15) is 5.11 Å². The SMILES string of the molecule is CCC(C)(C)Oc1ccc(C=NN(C)[P+](=S)C(CC)(CC)Oc2ccc(C(C)O)cc2)cc1. The summed E-state index contributed by atoms with van der Waals surface area (Å²) >= 11 is 5.96. The van der Waals surface area contributed by atoms with Crippen LogP contribution < -0.4 is 9.47 Å². The molecule has 7 heteroatoms. The average molecular weight is 490 g/mol. The summed E-state index contributed by atoms with van der Waals surface area (Å²) in [5.74, 6) is 1.60. The fourth-order valence-electron chi connectivity index (χ4n) is 3.21. The summed E-state index contributed by atoms with van der Waals surface area (Å²) in [5, 5.41) is 13.9. The molecular weight excluding hydrogens is 451 g/mol. The van der Waals surface area contributed by atoms with Crippen molar-refractivity contribution >= 4 is 24.9 Å². The second kappa shape index (κ2) is 11.9. The summed E-state index contributed by atoms with van der Waals surface area (Å²) in [5.41, 5.74) is 1.65. The summed E-state index contributed by atoms with van der Waals surface area (Å²) < 4.78 is 14.3. The zero-order valence-corrected chi connectivity index (χ0v) is 22.6. The van der Waals surface area contributed by atoms with Crippen molar-refractivity contribution in [3.05, 3.63) is 59.7 Å². The maximum Gasteiger partial charge on any atom is 0.358 e. The van der Waals surface area contributed by atoms with Crippen LogP contribution in [-0.4, -0.2) is 34.1 Å². The Kier molecular flexibility index (Phi) is 9.84. The van der Waals surface area contributed by atoms with Gasteiger partial charge in [0.2, 0.25) is 0 Å². The maximum absolute atomic E-state index is 9.75. The van der Waals surface area contributed by atoms with Gasteiger partial charge in [-0.05, 0) is 74.7 Å². The molecule has 5 nitrogen and oxygen atoms in total. The van der Waals surface area contributed by atoms with Crippen LogP contribution >= 0.6 is 6.85 Å².